The molecule has 2 aromatic carbocycles. The Hall–Kier alpha value is -3.71. The number of hydrogen-bond acceptors (Lipinski definition) is 3. The Labute approximate surface area is 197 Å². The number of nitrogens with one attached hydrogen (secondary N) is 1. The third kappa shape index (κ3) is 3.74. The van der Waals surface area contributed by atoms with Gasteiger partial charge in [-0.2, -0.15) is 0 Å². The summed E-state index contributed by atoms with van der Waals surface area (Å²) in [7, 11) is 0. The van der Waals surface area contributed by atoms with Crippen molar-refractivity contribution in [2.24, 2.45) is 0 Å². The van der Waals surface area contributed by atoms with E-state index in [-0.39, 0.29) is 23.7 Å². The molecule has 3 heterocycles. The van der Waals surface area contributed by atoms with E-state index in [0.29, 0.717) is 5.11 Å². The van der Waals surface area contributed by atoms with E-state index in [0.717, 1.165) is 34.0 Å². The summed E-state index contributed by atoms with van der Waals surface area (Å²) in [5.74, 6) is -0.0652. The van der Waals surface area contributed by atoms with Crippen LogP contribution in [0.2, 0.25) is 0 Å². The number of aromatic hydroxyl groups is 1. The molecule has 1 fully saturated rings. The van der Waals surface area contributed by atoms with Crippen LogP contribution in [0.5, 0.6) is 5.75 Å². The van der Waals surface area contributed by atoms with Gasteiger partial charge in [-0.15, -0.1) is 0 Å². The highest BCUT2D eigenvalue weighted by Gasteiger charge is 2.42. The Bertz CT molecular complexity index is 1300. The number of halogens is 1. The first-order valence-corrected chi connectivity index (χ1v) is 11.1. The van der Waals surface area contributed by atoms with E-state index in [1.165, 1.54) is 12.1 Å². The highest BCUT2D eigenvalue weighted by atomic mass is 32.1. The molecule has 0 spiro atoms. The normalized spacial score (nSPS) is 17.9. The van der Waals surface area contributed by atoms with E-state index in [1.807, 2.05) is 35.2 Å². The van der Waals surface area contributed by atoms with Crippen molar-refractivity contribution in [3.05, 3.63) is 107 Å². The second-order valence-corrected chi connectivity index (χ2v) is 8.54. The fourth-order valence-corrected chi connectivity index (χ4v) is 4.98. The SMILES string of the molecule is Cc1cc([C@@H]2[C@H](c3ccccn3)NC(=S)N2c2ccc(F)cc2)c(C)n1-c1ccc(O)cc1. The third-order valence-corrected chi connectivity index (χ3v) is 6.41. The molecule has 1 saturated heterocycles. The van der Waals surface area contributed by atoms with Crippen LogP contribution in [0.3, 0.4) is 0 Å². The van der Waals surface area contributed by atoms with E-state index in [2.05, 4.69) is 34.8 Å². The van der Waals surface area contributed by atoms with Crippen molar-refractivity contribution in [2.75, 3.05) is 4.90 Å². The van der Waals surface area contributed by atoms with Crippen LogP contribution in [0.25, 0.3) is 5.69 Å². The number of rotatable bonds is 4. The molecule has 0 saturated carbocycles. The smallest absolute Gasteiger partial charge is 0.174 e. The van der Waals surface area contributed by atoms with Crippen LogP contribution < -0.4 is 10.2 Å². The minimum Gasteiger partial charge on any atom is -0.508 e. The Kier molecular flexibility index (Phi) is 5.34. The predicted molar refractivity (Wildman–Crippen MR) is 131 cm³/mol. The standard InChI is InChI=1S/C26H23FN4OS/c1-16-15-22(17(2)30(16)19-10-12-21(32)13-11-19)25-24(23-5-3-4-14-28-23)29-26(33)31(25)20-8-6-18(27)7-9-20/h3-15,24-25,32H,1-2H3,(H,29,33)/t24-,25+/m0/s1. The van der Waals surface area contributed by atoms with Gasteiger partial charge in [0.1, 0.15) is 11.6 Å². The molecule has 7 heteroatoms. The summed E-state index contributed by atoms with van der Waals surface area (Å²) in [4.78, 5) is 6.64. The van der Waals surface area contributed by atoms with Gasteiger partial charge in [-0.1, -0.05) is 6.07 Å². The molecule has 0 bridgehead atoms. The molecule has 5 nitrogen and oxygen atoms in total. The van der Waals surface area contributed by atoms with Crippen molar-refractivity contribution in [3.8, 4) is 11.4 Å². The maximum Gasteiger partial charge on any atom is 0.174 e. The second kappa shape index (κ2) is 8.33. The van der Waals surface area contributed by atoms with Crippen LogP contribution >= 0.6 is 12.2 Å². The Morgan fingerprint density at radius 1 is 0.970 bits per heavy atom. The summed E-state index contributed by atoms with van der Waals surface area (Å²) in [6, 6.07) is 21.2. The third-order valence-electron chi connectivity index (χ3n) is 6.10. The topological polar surface area (TPSA) is 53.3 Å². The van der Waals surface area contributed by atoms with Gasteiger partial charge in [0.05, 0.1) is 17.8 Å². The Morgan fingerprint density at radius 2 is 1.67 bits per heavy atom. The molecule has 2 aromatic heterocycles. The Morgan fingerprint density at radius 3 is 2.33 bits per heavy atom. The van der Waals surface area contributed by atoms with Gasteiger partial charge in [0, 0.05) is 29.0 Å². The summed E-state index contributed by atoms with van der Waals surface area (Å²) in [5.41, 5.74) is 5.86. The number of hydrogen-bond donors (Lipinski definition) is 2. The van der Waals surface area contributed by atoms with Crippen LogP contribution in [-0.4, -0.2) is 19.8 Å². The van der Waals surface area contributed by atoms with Crippen LogP contribution in [0, 0.1) is 19.7 Å². The fourth-order valence-electron chi connectivity index (χ4n) is 4.64. The first-order chi connectivity index (χ1) is 15.9. The van der Waals surface area contributed by atoms with E-state index < -0.39 is 0 Å². The van der Waals surface area contributed by atoms with Crippen molar-refractivity contribution >= 4 is 23.0 Å². The summed E-state index contributed by atoms with van der Waals surface area (Å²) >= 11 is 5.76. The zero-order valence-electron chi connectivity index (χ0n) is 18.2. The van der Waals surface area contributed by atoms with Gasteiger partial charge in [0.25, 0.3) is 0 Å². The number of aromatic nitrogens is 2. The molecule has 1 aliphatic rings. The lowest BCUT2D eigenvalue weighted by molar-refractivity contribution is 0.475. The molecule has 2 N–H and O–H groups in total. The number of pyridine rings is 1. The van der Waals surface area contributed by atoms with Gasteiger partial charge in [-0.25, -0.2) is 4.39 Å². The van der Waals surface area contributed by atoms with E-state index in [1.54, 1.807) is 30.5 Å². The maximum absolute atomic E-state index is 13.7. The minimum absolute atomic E-state index is 0.183. The number of aryl methyl sites for hydroxylation is 1. The molecule has 0 radical (unpaired) electrons. The molecule has 1 aliphatic heterocycles. The average Bonchev–Trinajstić information content (AvgIpc) is 3.31. The summed E-state index contributed by atoms with van der Waals surface area (Å²) in [6.07, 6.45) is 1.78. The van der Waals surface area contributed by atoms with Crippen LogP contribution in [0.4, 0.5) is 10.1 Å². The summed E-state index contributed by atoms with van der Waals surface area (Å²) in [5, 5.41) is 13.7. The van der Waals surface area contributed by atoms with Gasteiger partial charge < -0.3 is 19.9 Å². The highest BCUT2D eigenvalue weighted by Crippen LogP contribution is 2.43. The highest BCUT2D eigenvalue weighted by molar-refractivity contribution is 7.80. The van der Waals surface area contributed by atoms with E-state index in [4.69, 9.17) is 12.2 Å². The molecule has 166 valence electrons. The number of benzene rings is 2. The van der Waals surface area contributed by atoms with Crippen LogP contribution in [0.1, 0.15) is 34.7 Å². The molecular formula is C26H23FN4OS. The van der Waals surface area contributed by atoms with Crippen molar-refractivity contribution in [1.29, 1.82) is 0 Å². The molecule has 33 heavy (non-hydrogen) atoms. The van der Waals surface area contributed by atoms with Gasteiger partial charge >= 0.3 is 0 Å². The number of phenolic OH excluding ortho intramolecular Hbond substituents is 1. The van der Waals surface area contributed by atoms with Crippen LogP contribution in [0.15, 0.2) is 79.0 Å². The van der Waals surface area contributed by atoms with Crippen molar-refractivity contribution in [2.45, 2.75) is 25.9 Å². The van der Waals surface area contributed by atoms with E-state index >= 15 is 0 Å². The van der Waals surface area contributed by atoms with E-state index in [9.17, 15) is 9.50 Å². The van der Waals surface area contributed by atoms with Gasteiger partial charge in [-0.05, 0) is 98.4 Å². The lowest BCUT2D eigenvalue weighted by Crippen LogP contribution is -2.29. The lowest BCUT2D eigenvalue weighted by Gasteiger charge is -2.28. The molecule has 0 aliphatic carbocycles. The van der Waals surface area contributed by atoms with Gasteiger partial charge in [0.2, 0.25) is 0 Å². The number of thiocarbonyl (C=S) groups is 1. The van der Waals surface area contributed by atoms with Crippen LogP contribution in [-0.2, 0) is 0 Å². The summed E-state index contributed by atoms with van der Waals surface area (Å²) < 4.78 is 15.8. The first-order valence-electron chi connectivity index (χ1n) is 10.7. The Balaban J connectivity index is 1.67. The zero-order valence-corrected chi connectivity index (χ0v) is 19.1. The minimum atomic E-state index is -0.292. The van der Waals surface area contributed by atoms with Gasteiger partial charge in [-0.3, -0.25) is 4.98 Å². The average molecular weight is 459 g/mol. The molecule has 2 atom stereocenters. The monoisotopic (exact) mass is 458 g/mol. The first kappa shape index (κ1) is 21.2. The lowest BCUT2D eigenvalue weighted by atomic mass is 9.96. The largest absolute Gasteiger partial charge is 0.508 e. The summed E-state index contributed by atoms with van der Waals surface area (Å²) in [6.45, 7) is 4.14. The number of phenols is 1. The quantitative estimate of drug-likeness (QED) is 0.395. The molecular weight excluding hydrogens is 435 g/mol. The number of nitrogens with zero attached hydrogens (tertiary/aromatic N) is 3. The van der Waals surface area contributed by atoms with Crippen molar-refractivity contribution in [1.82, 2.24) is 14.9 Å². The number of anilines is 1. The van der Waals surface area contributed by atoms with Crippen molar-refractivity contribution < 1.29 is 9.50 Å². The van der Waals surface area contributed by atoms with Crippen molar-refractivity contribution in [3.63, 3.8) is 0 Å². The second-order valence-electron chi connectivity index (χ2n) is 8.15. The molecule has 5 rings (SSSR count). The molecule has 0 unspecified atom stereocenters. The molecule has 4 aromatic rings. The van der Waals surface area contributed by atoms with Gasteiger partial charge in [0.15, 0.2) is 5.11 Å². The fraction of sp³-hybridized carbons (Fsp3) is 0.154. The predicted octanol–water partition coefficient (Wildman–Crippen LogP) is 5.51. The molecule has 0 amide bonds. The maximum atomic E-state index is 13.7. The zero-order chi connectivity index (χ0) is 23.1.